The van der Waals surface area contributed by atoms with Gasteiger partial charge in [0.25, 0.3) is 0 Å². The number of halogens is 3. The predicted molar refractivity (Wildman–Crippen MR) is 95.2 cm³/mol. The van der Waals surface area contributed by atoms with E-state index in [4.69, 9.17) is 11.6 Å². The number of carbonyl (C=O) groups excluding carboxylic acids is 1. The average Bonchev–Trinajstić information content (AvgIpc) is 2.40. The first kappa shape index (κ1) is 16.3. The quantitative estimate of drug-likeness (QED) is 0.695. The van der Waals surface area contributed by atoms with Crippen LogP contribution >= 0.6 is 43.5 Å². The Balaban J connectivity index is 1.97. The van der Waals surface area contributed by atoms with Gasteiger partial charge in [-0.1, -0.05) is 11.6 Å². The largest absolute Gasteiger partial charge is 0.374 e. The van der Waals surface area contributed by atoms with E-state index in [0.29, 0.717) is 10.7 Å². The maximum Gasteiger partial charge on any atom is 0.243 e. The summed E-state index contributed by atoms with van der Waals surface area (Å²) in [4.78, 5) is 11.9. The van der Waals surface area contributed by atoms with Gasteiger partial charge in [-0.25, -0.2) is 0 Å². The summed E-state index contributed by atoms with van der Waals surface area (Å²) in [6.45, 7) is 2.18. The Morgan fingerprint density at radius 2 is 1.71 bits per heavy atom. The lowest BCUT2D eigenvalue weighted by atomic mass is 10.2. The Kier molecular flexibility index (Phi) is 5.67. The predicted octanol–water partition coefficient (Wildman–Crippen LogP) is 5.22. The zero-order chi connectivity index (χ0) is 15.4. The van der Waals surface area contributed by atoms with Crippen LogP contribution in [0.4, 0.5) is 11.4 Å². The number of carbonyl (C=O) groups is 1. The van der Waals surface area contributed by atoms with Gasteiger partial charge in [-0.15, -0.1) is 0 Å². The maximum atomic E-state index is 11.9. The van der Waals surface area contributed by atoms with Gasteiger partial charge in [0.1, 0.15) is 0 Å². The van der Waals surface area contributed by atoms with E-state index < -0.39 is 0 Å². The van der Waals surface area contributed by atoms with E-state index in [1.165, 1.54) is 0 Å². The zero-order valence-corrected chi connectivity index (χ0v) is 15.1. The van der Waals surface area contributed by atoms with E-state index in [1.807, 2.05) is 19.1 Å². The lowest BCUT2D eigenvalue weighted by Crippen LogP contribution is -2.22. The third-order valence-electron chi connectivity index (χ3n) is 2.74. The Bertz CT molecular complexity index is 636. The SMILES string of the molecule is Cc1cc(Br)c(NCC(=O)Nc2ccc(Cl)cc2)c(Br)c1. The van der Waals surface area contributed by atoms with Crippen molar-refractivity contribution in [3.8, 4) is 0 Å². The van der Waals surface area contributed by atoms with E-state index in [2.05, 4.69) is 42.5 Å². The Labute approximate surface area is 145 Å². The minimum atomic E-state index is -0.128. The van der Waals surface area contributed by atoms with Gasteiger partial charge in [0.2, 0.25) is 5.91 Å². The van der Waals surface area contributed by atoms with Crippen LogP contribution in [0.25, 0.3) is 0 Å². The van der Waals surface area contributed by atoms with Gasteiger partial charge in [0.05, 0.1) is 12.2 Å². The van der Waals surface area contributed by atoms with Crippen molar-refractivity contribution >= 4 is 60.7 Å². The molecule has 21 heavy (non-hydrogen) atoms. The van der Waals surface area contributed by atoms with E-state index in [0.717, 1.165) is 20.2 Å². The van der Waals surface area contributed by atoms with Gasteiger partial charge < -0.3 is 10.6 Å². The molecule has 0 spiro atoms. The first-order valence-corrected chi connectivity index (χ1v) is 8.17. The molecule has 0 saturated carbocycles. The van der Waals surface area contributed by atoms with Gasteiger partial charge in [-0.3, -0.25) is 4.79 Å². The van der Waals surface area contributed by atoms with Crippen LogP contribution in [0.15, 0.2) is 45.3 Å². The van der Waals surface area contributed by atoms with Crippen LogP contribution in [-0.4, -0.2) is 12.5 Å². The average molecular weight is 433 g/mol. The summed E-state index contributed by atoms with van der Waals surface area (Å²) in [5.74, 6) is -0.128. The molecule has 2 aromatic carbocycles. The number of amides is 1. The molecule has 0 saturated heterocycles. The van der Waals surface area contributed by atoms with Gasteiger partial charge in [-0.2, -0.15) is 0 Å². The number of rotatable bonds is 4. The highest BCUT2D eigenvalue weighted by Gasteiger charge is 2.08. The van der Waals surface area contributed by atoms with E-state index in [9.17, 15) is 4.79 Å². The summed E-state index contributed by atoms with van der Waals surface area (Å²) in [6, 6.07) is 11.0. The van der Waals surface area contributed by atoms with Crippen LogP contribution in [0, 0.1) is 6.92 Å². The van der Waals surface area contributed by atoms with Crippen LogP contribution in [0.1, 0.15) is 5.56 Å². The fraction of sp³-hybridized carbons (Fsp3) is 0.133. The van der Waals surface area contributed by atoms with E-state index in [-0.39, 0.29) is 12.5 Å². The van der Waals surface area contributed by atoms with Crippen LogP contribution in [-0.2, 0) is 4.79 Å². The molecule has 0 heterocycles. The van der Waals surface area contributed by atoms with Crippen molar-refractivity contribution in [2.75, 3.05) is 17.2 Å². The number of hydrogen-bond acceptors (Lipinski definition) is 2. The Morgan fingerprint density at radius 1 is 1.14 bits per heavy atom. The number of benzene rings is 2. The Hall–Kier alpha value is -1.04. The highest BCUT2D eigenvalue weighted by molar-refractivity contribution is 9.11. The molecule has 2 rings (SSSR count). The summed E-state index contributed by atoms with van der Waals surface area (Å²) in [6.07, 6.45) is 0. The van der Waals surface area contributed by atoms with Crippen LogP contribution in [0.3, 0.4) is 0 Å². The molecule has 110 valence electrons. The molecule has 0 aliphatic rings. The summed E-state index contributed by atoms with van der Waals surface area (Å²) in [5, 5.41) is 6.54. The second-order valence-corrected chi connectivity index (χ2v) is 6.66. The normalized spacial score (nSPS) is 10.3. The lowest BCUT2D eigenvalue weighted by molar-refractivity contribution is -0.114. The number of anilines is 2. The zero-order valence-electron chi connectivity index (χ0n) is 11.2. The number of hydrogen-bond donors (Lipinski definition) is 2. The van der Waals surface area contributed by atoms with E-state index >= 15 is 0 Å². The standard InChI is InChI=1S/C15H13Br2ClN2O/c1-9-6-12(16)15(13(17)7-9)19-8-14(21)20-11-4-2-10(18)3-5-11/h2-7,19H,8H2,1H3,(H,20,21). The topological polar surface area (TPSA) is 41.1 Å². The first-order valence-electron chi connectivity index (χ1n) is 6.20. The summed E-state index contributed by atoms with van der Waals surface area (Å²) in [5.41, 5.74) is 2.70. The van der Waals surface area contributed by atoms with Crippen LogP contribution < -0.4 is 10.6 Å². The minimum Gasteiger partial charge on any atom is -0.374 e. The molecule has 3 nitrogen and oxygen atoms in total. The molecule has 0 radical (unpaired) electrons. The summed E-state index contributed by atoms with van der Waals surface area (Å²) >= 11 is 12.8. The minimum absolute atomic E-state index is 0.128. The smallest absolute Gasteiger partial charge is 0.243 e. The number of nitrogens with one attached hydrogen (secondary N) is 2. The van der Waals surface area contributed by atoms with Gasteiger partial charge in [0, 0.05) is 19.7 Å². The lowest BCUT2D eigenvalue weighted by Gasteiger charge is -2.12. The molecule has 0 bridgehead atoms. The Morgan fingerprint density at radius 3 is 2.29 bits per heavy atom. The third-order valence-corrected chi connectivity index (χ3v) is 4.24. The summed E-state index contributed by atoms with van der Waals surface area (Å²) in [7, 11) is 0. The molecule has 2 N–H and O–H groups in total. The molecule has 0 unspecified atom stereocenters. The van der Waals surface area contributed by atoms with Gasteiger partial charge in [-0.05, 0) is 80.7 Å². The second kappa shape index (κ2) is 7.29. The first-order chi connectivity index (χ1) is 9.95. The van der Waals surface area contributed by atoms with Crippen molar-refractivity contribution in [1.82, 2.24) is 0 Å². The molecule has 0 aliphatic heterocycles. The second-order valence-electron chi connectivity index (χ2n) is 4.51. The van der Waals surface area contributed by atoms with Crippen LogP contribution in [0.5, 0.6) is 0 Å². The van der Waals surface area contributed by atoms with Crippen LogP contribution in [0.2, 0.25) is 5.02 Å². The van der Waals surface area contributed by atoms with Gasteiger partial charge >= 0.3 is 0 Å². The molecule has 2 aromatic rings. The number of aryl methyl sites for hydroxylation is 1. The molecule has 0 fully saturated rings. The highest BCUT2D eigenvalue weighted by atomic mass is 79.9. The van der Waals surface area contributed by atoms with E-state index in [1.54, 1.807) is 24.3 Å². The highest BCUT2D eigenvalue weighted by Crippen LogP contribution is 2.32. The molecule has 0 atom stereocenters. The molecular formula is C15H13Br2ClN2O. The van der Waals surface area contributed by atoms with Crippen molar-refractivity contribution < 1.29 is 4.79 Å². The third kappa shape index (κ3) is 4.73. The molecule has 6 heteroatoms. The fourth-order valence-electron chi connectivity index (χ4n) is 1.78. The summed E-state index contributed by atoms with van der Waals surface area (Å²) < 4.78 is 1.82. The molecule has 0 aromatic heterocycles. The molecule has 1 amide bonds. The van der Waals surface area contributed by atoms with Crippen molar-refractivity contribution in [2.45, 2.75) is 6.92 Å². The van der Waals surface area contributed by atoms with Crippen molar-refractivity contribution in [2.24, 2.45) is 0 Å². The molecule has 0 aliphatic carbocycles. The monoisotopic (exact) mass is 430 g/mol. The van der Waals surface area contributed by atoms with Crippen molar-refractivity contribution in [3.05, 3.63) is 55.9 Å². The van der Waals surface area contributed by atoms with Crippen molar-refractivity contribution in [1.29, 1.82) is 0 Å². The van der Waals surface area contributed by atoms with Crippen molar-refractivity contribution in [3.63, 3.8) is 0 Å². The maximum absolute atomic E-state index is 11.9. The molecular weight excluding hydrogens is 419 g/mol. The fourth-order valence-corrected chi connectivity index (χ4v) is 3.60. The van der Waals surface area contributed by atoms with Gasteiger partial charge in [0.15, 0.2) is 0 Å².